The number of nitriles is 1. The van der Waals surface area contributed by atoms with Crippen molar-refractivity contribution >= 4 is 11.8 Å². The fourth-order valence-corrected chi connectivity index (χ4v) is 2.38. The second-order valence-electron chi connectivity index (χ2n) is 5.86. The van der Waals surface area contributed by atoms with Crippen LogP contribution in [0.3, 0.4) is 0 Å². The van der Waals surface area contributed by atoms with Gasteiger partial charge in [-0.15, -0.1) is 0 Å². The monoisotopic (exact) mass is 335 g/mol. The number of carbonyl (C=O) groups is 2. The zero-order chi connectivity index (χ0) is 18.1. The minimum atomic E-state index is -0.337. The van der Waals surface area contributed by atoms with Crippen molar-refractivity contribution in [3.63, 3.8) is 0 Å². The van der Waals surface area contributed by atoms with Crippen molar-refractivity contribution in [3.8, 4) is 6.07 Å². The van der Waals surface area contributed by atoms with Gasteiger partial charge in [-0.05, 0) is 49.6 Å². The largest absolute Gasteiger partial charge is 0.352 e. The average molecular weight is 335 g/mol. The van der Waals surface area contributed by atoms with E-state index in [1.807, 2.05) is 31.2 Å². The van der Waals surface area contributed by atoms with E-state index in [-0.39, 0.29) is 24.4 Å². The lowest BCUT2D eigenvalue weighted by Crippen LogP contribution is -2.41. The number of aryl methyl sites for hydroxylation is 1. The quantitative estimate of drug-likeness (QED) is 0.815. The van der Waals surface area contributed by atoms with Gasteiger partial charge in [0, 0.05) is 11.6 Å². The van der Waals surface area contributed by atoms with Gasteiger partial charge in [-0.25, -0.2) is 0 Å². The number of carbonyl (C=O) groups excluding carboxylic acids is 2. The first-order valence-electron chi connectivity index (χ1n) is 8.20. The highest BCUT2D eigenvalue weighted by molar-refractivity contribution is 5.96. The lowest BCUT2D eigenvalue weighted by atomic mass is 10.1. The SMILES string of the molecule is C[C@H](CCc1ccccc1)NC(=O)CNC(=O)c1ccc(C#N)cc1. The fourth-order valence-electron chi connectivity index (χ4n) is 2.38. The maximum Gasteiger partial charge on any atom is 0.251 e. The van der Waals surface area contributed by atoms with Crippen LogP contribution in [0.4, 0.5) is 0 Å². The summed E-state index contributed by atoms with van der Waals surface area (Å²) in [6.07, 6.45) is 1.72. The standard InChI is InChI=1S/C20H21N3O2/c1-15(7-8-16-5-3-2-4-6-16)23-19(24)14-22-20(25)18-11-9-17(13-21)10-12-18/h2-6,9-12,15H,7-8,14H2,1H3,(H,22,25)(H,23,24)/t15-/m1/s1. The third-order valence-corrected chi connectivity index (χ3v) is 3.80. The summed E-state index contributed by atoms with van der Waals surface area (Å²) >= 11 is 0. The third-order valence-electron chi connectivity index (χ3n) is 3.80. The number of hydrogen-bond donors (Lipinski definition) is 2. The molecule has 2 aromatic rings. The summed E-state index contributed by atoms with van der Waals surface area (Å²) in [5, 5.41) is 14.2. The van der Waals surface area contributed by atoms with Crippen LogP contribution in [0, 0.1) is 11.3 Å². The maximum atomic E-state index is 12.0. The van der Waals surface area contributed by atoms with Crippen LogP contribution in [0.1, 0.15) is 34.8 Å². The predicted molar refractivity (Wildman–Crippen MR) is 95.9 cm³/mol. The van der Waals surface area contributed by atoms with Gasteiger partial charge in [-0.1, -0.05) is 30.3 Å². The summed E-state index contributed by atoms with van der Waals surface area (Å²) in [5.74, 6) is -0.556. The van der Waals surface area contributed by atoms with E-state index in [0.29, 0.717) is 11.1 Å². The van der Waals surface area contributed by atoms with Crippen molar-refractivity contribution in [2.24, 2.45) is 0 Å². The van der Waals surface area contributed by atoms with Crippen LogP contribution in [0.5, 0.6) is 0 Å². The van der Waals surface area contributed by atoms with Crippen molar-refractivity contribution in [1.29, 1.82) is 5.26 Å². The summed E-state index contributed by atoms with van der Waals surface area (Å²) in [6, 6.07) is 18.4. The Morgan fingerprint density at radius 1 is 1.08 bits per heavy atom. The Labute approximate surface area is 147 Å². The number of nitrogens with one attached hydrogen (secondary N) is 2. The van der Waals surface area contributed by atoms with E-state index in [1.54, 1.807) is 24.3 Å². The first-order chi connectivity index (χ1) is 12.1. The average Bonchev–Trinajstić information content (AvgIpc) is 2.65. The van der Waals surface area contributed by atoms with Crippen molar-refractivity contribution in [3.05, 3.63) is 71.3 Å². The number of hydrogen-bond acceptors (Lipinski definition) is 3. The van der Waals surface area contributed by atoms with Gasteiger partial charge in [-0.3, -0.25) is 9.59 Å². The van der Waals surface area contributed by atoms with Crippen LogP contribution < -0.4 is 10.6 Å². The third kappa shape index (κ3) is 6.11. The molecule has 0 bridgehead atoms. The molecule has 0 fully saturated rings. The Morgan fingerprint density at radius 2 is 1.76 bits per heavy atom. The van der Waals surface area contributed by atoms with Gasteiger partial charge >= 0.3 is 0 Å². The molecule has 25 heavy (non-hydrogen) atoms. The van der Waals surface area contributed by atoms with Crippen molar-refractivity contribution in [2.75, 3.05) is 6.54 Å². The van der Waals surface area contributed by atoms with Crippen LogP contribution in [-0.4, -0.2) is 24.4 Å². The molecule has 0 aliphatic carbocycles. The highest BCUT2D eigenvalue weighted by Gasteiger charge is 2.10. The molecule has 0 spiro atoms. The molecule has 0 aromatic heterocycles. The van der Waals surface area contributed by atoms with Gasteiger partial charge in [-0.2, -0.15) is 5.26 Å². The van der Waals surface area contributed by atoms with Gasteiger partial charge in [0.15, 0.2) is 0 Å². The Morgan fingerprint density at radius 3 is 2.40 bits per heavy atom. The normalized spacial score (nSPS) is 11.2. The Hall–Kier alpha value is -3.13. The van der Waals surface area contributed by atoms with Crippen LogP contribution in [0.25, 0.3) is 0 Å². The second kappa shape index (κ2) is 9.24. The van der Waals surface area contributed by atoms with E-state index >= 15 is 0 Å². The van der Waals surface area contributed by atoms with Gasteiger partial charge in [0.1, 0.15) is 0 Å². The van der Waals surface area contributed by atoms with Crippen LogP contribution in [0.15, 0.2) is 54.6 Å². The van der Waals surface area contributed by atoms with Crippen LogP contribution in [-0.2, 0) is 11.2 Å². The number of nitrogens with zero attached hydrogens (tertiary/aromatic N) is 1. The highest BCUT2D eigenvalue weighted by Crippen LogP contribution is 2.05. The molecule has 0 saturated heterocycles. The predicted octanol–water partition coefficient (Wildman–Crippen LogP) is 2.43. The van der Waals surface area contributed by atoms with Crippen LogP contribution >= 0.6 is 0 Å². The van der Waals surface area contributed by atoms with Gasteiger partial charge in [0.05, 0.1) is 18.2 Å². The molecule has 5 nitrogen and oxygen atoms in total. The molecule has 0 aliphatic heterocycles. The maximum absolute atomic E-state index is 12.0. The lowest BCUT2D eigenvalue weighted by Gasteiger charge is -2.14. The molecule has 5 heteroatoms. The zero-order valence-electron chi connectivity index (χ0n) is 14.2. The topological polar surface area (TPSA) is 82.0 Å². The minimum Gasteiger partial charge on any atom is -0.352 e. The smallest absolute Gasteiger partial charge is 0.251 e. The molecule has 0 aliphatic rings. The zero-order valence-corrected chi connectivity index (χ0v) is 14.2. The summed E-state index contributed by atoms with van der Waals surface area (Å²) in [7, 11) is 0. The van der Waals surface area contributed by atoms with Crippen molar-refractivity contribution in [1.82, 2.24) is 10.6 Å². The van der Waals surface area contributed by atoms with Gasteiger partial charge < -0.3 is 10.6 Å². The van der Waals surface area contributed by atoms with Crippen molar-refractivity contribution < 1.29 is 9.59 Å². The van der Waals surface area contributed by atoms with E-state index < -0.39 is 0 Å². The number of benzene rings is 2. The Kier molecular flexibility index (Phi) is 6.73. The first-order valence-corrected chi connectivity index (χ1v) is 8.20. The molecule has 1 atom stereocenters. The van der Waals surface area contributed by atoms with E-state index in [0.717, 1.165) is 12.8 Å². The van der Waals surface area contributed by atoms with Crippen molar-refractivity contribution in [2.45, 2.75) is 25.8 Å². The summed E-state index contributed by atoms with van der Waals surface area (Å²) in [4.78, 5) is 23.9. The Balaban J connectivity index is 1.72. The lowest BCUT2D eigenvalue weighted by molar-refractivity contribution is -0.120. The van der Waals surface area contributed by atoms with E-state index in [2.05, 4.69) is 22.8 Å². The van der Waals surface area contributed by atoms with Gasteiger partial charge in [0.25, 0.3) is 5.91 Å². The molecular formula is C20H21N3O2. The van der Waals surface area contributed by atoms with E-state index in [1.165, 1.54) is 5.56 Å². The van der Waals surface area contributed by atoms with Crippen LogP contribution in [0.2, 0.25) is 0 Å². The van der Waals surface area contributed by atoms with E-state index in [9.17, 15) is 9.59 Å². The Bertz CT molecular complexity index is 749. The van der Waals surface area contributed by atoms with Gasteiger partial charge in [0.2, 0.25) is 5.91 Å². The molecule has 0 heterocycles. The molecule has 2 amide bonds. The molecule has 2 rings (SSSR count). The highest BCUT2D eigenvalue weighted by atomic mass is 16.2. The molecule has 2 N–H and O–H groups in total. The summed E-state index contributed by atoms with van der Waals surface area (Å²) < 4.78 is 0. The molecule has 0 unspecified atom stereocenters. The summed E-state index contributed by atoms with van der Waals surface area (Å²) in [5.41, 5.74) is 2.14. The molecule has 128 valence electrons. The minimum absolute atomic E-state index is 0.0273. The number of amides is 2. The molecule has 0 saturated carbocycles. The number of rotatable bonds is 7. The fraction of sp³-hybridized carbons (Fsp3) is 0.250. The molecule has 2 aromatic carbocycles. The summed E-state index contributed by atoms with van der Waals surface area (Å²) in [6.45, 7) is 1.87. The second-order valence-corrected chi connectivity index (χ2v) is 5.86. The molecule has 0 radical (unpaired) electrons. The first kappa shape index (κ1) is 18.2. The van der Waals surface area contributed by atoms with E-state index in [4.69, 9.17) is 5.26 Å². The molecular weight excluding hydrogens is 314 g/mol.